The summed E-state index contributed by atoms with van der Waals surface area (Å²) in [6.45, 7) is 1.86. The first-order valence-corrected chi connectivity index (χ1v) is 3.67. The largest absolute Gasteiger partial charge is 0.355 e. The Hall–Kier alpha value is -0.770. The molecule has 2 unspecified atom stereocenters. The standard InChI is InChI=1S/C6H12N4/c7-4-3-5(4)10-6-8-1-2-9-6/h4-5H,1-3,7H2,(H2,8,9,10). The van der Waals surface area contributed by atoms with E-state index in [9.17, 15) is 0 Å². The summed E-state index contributed by atoms with van der Waals surface area (Å²) < 4.78 is 0. The third kappa shape index (κ3) is 1.07. The first-order valence-electron chi connectivity index (χ1n) is 3.67. The van der Waals surface area contributed by atoms with Crippen molar-refractivity contribution < 1.29 is 0 Å². The summed E-state index contributed by atoms with van der Waals surface area (Å²) in [6.07, 6.45) is 1.08. The molecule has 0 bridgehead atoms. The number of rotatable bonds is 1. The summed E-state index contributed by atoms with van der Waals surface area (Å²) in [5.74, 6) is 0.929. The highest BCUT2D eigenvalue weighted by Gasteiger charge is 2.34. The van der Waals surface area contributed by atoms with Crippen LogP contribution in [-0.4, -0.2) is 31.1 Å². The number of guanidine groups is 1. The Morgan fingerprint density at radius 1 is 1.70 bits per heavy atom. The Labute approximate surface area is 59.9 Å². The fourth-order valence-electron chi connectivity index (χ4n) is 1.05. The van der Waals surface area contributed by atoms with Gasteiger partial charge >= 0.3 is 0 Å². The molecule has 0 spiro atoms. The number of nitrogens with two attached hydrogens (primary N) is 1. The van der Waals surface area contributed by atoms with Crippen molar-refractivity contribution >= 4 is 5.96 Å². The van der Waals surface area contributed by atoms with Crippen LogP contribution in [0.15, 0.2) is 4.99 Å². The van der Waals surface area contributed by atoms with Crippen LogP contribution in [0.1, 0.15) is 6.42 Å². The van der Waals surface area contributed by atoms with Gasteiger partial charge < -0.3 is 16.4 Å². The van der Waals surface area contributed by atoms with Crippen molar-refractivity contribution in [3.05, 3.63) is 0 Å². The van der Waals surface area contributed by atoms with Gasteiger partial charge in [0.1, 0.15) is 0 Å². The van der Waals surface area contributed by atoms with E-state index in [1.807, 2.05) is 0 Å². The van der Waals surface area contributed by atoms with E-state index >= 15 is 0 Å². The SMILES string of the molecule is NC1CC1NC1=NCCN1. The Morgan fingerprint density at radius 3 is 3.00 bits per heavy atom. The van der Waals surface area contributed by atoms with Gasteiger partial charge in [0.15, 0.2) is 5.96 Å². The highest BCUT2D eigenvalue weighted by atomic mass is 15.2. The molecular weight excluding hydrogens is 128 g/mol. The summed E-state index contributed by atoms with van der Waals surface area (Å²) in [4.78, 5) is 4.19. The topological polar surface area (TPSA) is 62.4 Å². The Kier molecular flexibility index (Phi) is 1.27. The van der Waals surface area contributed by atoms with E-state index in [0.717, 1.165) is 25.5 Å². The zero-order valence-electron chi connectivity index (χ0n) is 5.80. The molecule has 0 aromatic rings. The van der Waals surface area contributed by atoms with Crippen molar-refractivity contribution in [1.82, 2.24) is 10.6 Å². The quantitative estimate of drug-likeness (QED) is 0.421. The smallest absolute Gasteiger partial charge is 0.191 e. The van der Waals surface area contributed by atoms with E-state index in [-0.39, 0.29) is 0 Å². The van der Waals surface area contributed by atoms with E-state index in [1.54, 1.807) is 0 Å². The summed E-state index contributed by atoms with van der Waals surface area (Å²) in [5.41, 5.74) is 5.60. The van der Waals surface area contributed by atoms with Crippen molar-refractivity contribution in [2.45, 2.75) is 18.5 Å². The summed E-state index contributed by atoms with van der Waals surface area (Å²) in [6, 6.07) is 0.828. The Bertz CT molecular complexity index is 165. The van der Waals surface area contributed by atoms with Gasteiger partial charge in [-0.3, -0.25) is 4.99 Å². The molecule has 1 fully saturated rings. The number of nitrogens with one attached hydrogen (secondary N) is 2. The van der Waals surface area contributed by atoms with Gasteiger partial charge in [0, 0.05) is 18.6 Å². The lowest BCUT2D eigenvalue weighted by Crippen LogP contribution is -2.37. The van der Waals surface area contributed by atoms with Gasteiger partial charge in [0.05, 0.1) is 6.54 Å². The predicted molar refractivity (Wildman–Crippen MR) is 39.8 cm³/mol. The molecule has 1 saturated carbocycles. The van der Waals surface area contributed by atoms with Crippen LogP contribution in [0.25, 0.3) is 0 Å². The van der Waals surface area contributed by atoms with Gasteiger partial charge in [-0.25, -0.2) is 0 Å². The molecule has 56 valence electrons. The molecule has 2 atom stereocenters. The molecule has 4 nitrogen and oxygen atoms in total. The van der Waals surface area contributed by atoms with Crippen LogP contribution in [-0.2, 0) is 0 Å². The van der Waals surface area contributed by atoms with Gasteiger partial charge in [0.2, 0.25) is 0 Å². The fraction of sp³-hybridized carbons (Fsp3) is 0.833. The average Bonchev–Trinajstić information content (AvgIpc) is 2.48. The maximum atomic E-state index is 5.60. The Balaban J connectivity index is 1.80. The molecule has 10 heavy (non-hydrogen) atoms. The van der Waals surface area contributed by atoms with Gasteiger partial charge in [-0.05, 0) is 6.42 Å². The molecule has 0 saturated heterocycles. The molecule has 1 aliphatic carbocycles. The van der Waals surface area contributed by atoms with Crippen molar-refractivity contribution in [3.8, 4) is 0 Å². The summed E-state index contributed by atoms with van der Waals surface area (Å²) in [7, 11) is 0. The third-order valence-electron chi connectivity index (χ3n) is 1.84. The lowest BCUT2D eigenvalue weighted by molar-refractivity contribution is 0.827. The zero-order valence-corrected chi connectivity index (χ0v) is 5.80. The van der Waals surface area contributed by atoms with Gasteiger partial charge in [-0.2, -0.15) is 0 Å². The van der Waals surface area contributed by atoms with Gasteiger partial charge in [-0.1, -0.05) is 0 Å². The van der Waals surface area contributed by atoms with Crippen LogP contribution in [0.5, 0.6) is 0 Å². The van der Waals surface area contributed by atoms with Gasteiger partial charge in [-0.15, -0.1) is 0 Å². The predicted octanol–water partition coefficient (Wildman–Crippen LogP) is -1.37. The van der Waals surface area contributed by atoms with Crippen LogP contribution in [0.4, 0.5) is 0 Å². The van der Waals surface area contributed by atoms with E-state index in [2.05, 4.69) is 15.6 Å². The van der Waals surface area contributed by atoms with Crippen molar-refractivity contribution in [1.29, 1.82) is 0 Å². The van der Waals surface area contributed by atoms with Crippen molar-refractivity contribution in [2.75, 3.05) is 13.1 Å². The second-order valence-electron chi connectivity index (χ2n) is 2.81. The first kappa shape index (κ1) is 5.97. The normalized spacial score (nSPS) is 36.7. The highest BCUT2D eigenvalue weighted by Crippen LogP contribution is 2.17. The highest BCUT2D eigenvalue weighted by molar-refractivity contribution is 5.81. The summed E-state index contributed by atoms with van der Waals surface area (Å²) in [5, 5.41) is 6.35. The van der Waals surface area contributed by atoms with Crippen LogP contribution in [0.2, 0.25) is 0 Å². The molecular formula is C6H12N4. The molecule has 1 aliphatic heterocycles. The van der Waals surface area contributed by atoms with Crippen LogP contribution in [0, 0.1) is 0 Å². The second-order valence-corrected chi connectivity index (χ2v) is 2.81. The van der Waals surface area contributed by atoms with E-state index < -0.39 is 0 Å². The monoisotopic (exact) mass is 140 g/mol. The average molecular weight is 140 g/mol. The second kappa shape index (κ2) is 2.12. The fourth-order valence-corrected chi connectivity index (χ4v) is 1.05. The number of hydrogen-bond donors (Lipinski definition) is 3. The van der Waals surface area contributed by atoms with E-state index in [4.69, 9.17) is 5.73 Å². The first-order chi connectivity index (χ1) is 4.86. The summed E-state index contributed by atoms with van der Waals surface area (Å²) >= 11 is 0. The molecule has 0 aromatic heterocycles. The van der Waals surface area contributed by atoms with Crippen LogP contribution >= 0.6 is 0 Å². The number of hydrogen-bond acceptors (Lipinski definition) is 4. The minimum atomic E-state index is 0.352. The zero-order chi connectivity index (χ0) is 6.97. The Morgan fingerprint density at radius 2 is 2.50 bits per heavy atom. The van der Waals surface area contributed by atoms with Gasteiger partial charge in [0.25, 0.3) is 0 Å². The molecule has 1 heterocycles. The maximum Gasteiger partial charge on any atom is 0.191 e. The maximum absolute atomic E-state index is 5.60. The van der Waals surface area contributed by atoms with Crippen molar-refractivity contribution in [2.24, 2.45) is 10.7 Å². The lowest BCUT2D eigenvalue weighted by atomic mass is 10.6. The molecule has 4 heteroatoms. The number of nitrogens with zero attached hydrogens (tertiary/aromatic N) is 1. The molecule has 4 N–H and O–H groups in total. The minimum absolute atomic E-state index is 0.352. The van der Waals surface area contributed by atoms with Crippen LogP contribution < -0.4 is 16.4 Å². The minimum Gasteiger partial charge on any atom is -0.355 e. The molecule has 0 aromatic carbocycles. The molecule has 2 rings (SSSR count). The van der Waals surface area contributed by atoms with Crippen molar-refractivity contribution in [3.63, 3.8) is 0 Å². The number of aliphatic imine (C=N–C) groups is 1. The van der Waals surface area contributed by atoms with Crippen LogP contribution in [0.3, 0.4) is 0 Å². The third-order valence-corrected chi connectivity index (χ3v) is 1.84. The van der Waals surface area contributed by atoms with E-state index in [1.165, 1.54) is 0 Å². The lowest BCUT2D eigenvalue weighted by Gasteiger charge is -2.03. The molecule has 0 radical (unpaired) electrons. The molecule has 0 amide bonds. The molecule has 2 aliphatic rings. The van der Waals surface area contributed by atoms with E-state index in [0.29, 0.717) is 12.1 Å².